The lowest BCUT2D eigenvalue weighted by molar-refractivity contribution is 0.669. The first-order valence-electron chi connectivity index (χ1n) is 28.9. The predicted octanol–water partition coefficient (Wildman–Crippen LogP) is 22.3. The highest BCUT2D eigenvalue weighted by Gasteiger charge is 2.47. The third-order valence-electron chi connectivity index (χ3n) is 17.7. The molecule has 0 N–H and O–H groups in total. The average Bonchev–Trinajstić information content (AvgIpc) is 2.22. The van der Waals surface area contributed by atoms with Gasteiger partial charge in [-0.1, -0.05) is 224 Å². The van der Waals surface area contributed by atoms with Gasteiger partial charge in [0.1, 0.15) is 22.3 Å². The van der Waals surface area contributed by atoms with Gasteiger partial charge in [-0.2, -0.15) is 0 Å². The molecule has 0 saturated heterocycles. The van der Waals surface area contributed by atoms with Crippen LogP contribution in [0.3, 0.4) is 0 Å². The van der Waals surface area contributed by atoms with Crippen molar-refractivity contribution in [1.29, 1.82) is 0 Å². The van der Waals surface area contributed by atoms with Gasteiger partial charge in [0, 0.05) is 38.6 Å². The van der Waals surface area contributed by atoms with Crippen molar-refractivity contribution in [3.63, 3.8) is 0 Å². The molecule has 3 nitrogen and oxygen atoms in total. The first kappa shape index (κ1) is 47.8. The number of furan rings is 2. The molecule has 2 heterocycles. The second kappa shape index (κ2) is 19.1. The van der Waals surface area contributed by atoms with E-state index in [9.17, 15) is 0 Å². The van der Waals surface area contributed by atoms with E-state index in [1.54, 1.807) is 0 Å². The maximum atomic E-state index is 6.78. The molecule has 16 aromatic rings. The Morgan fingerprint density at radius 2 is 0.762 bits per heavy atom. The number of nitrogens with zero attached hydrogens (tertiary/aromatic N) is 1. The van der Waals surface area contributed by atoms with Crippen LogP contribution in [0.1, 0.15) is 22.3 Å². The number of rotatable bonds is 9. The first-order chi connectivity index (χ1) is 41.6. The zero-order valence-corrected chi connectivity index (χ0v) is 45.7. The van der Waals surface area contributed by atoms with E-state index in [1.807, 2.05) is 0 Å². The van der Waals surface area contributed by atoms with Gasteiger partial charge >= 0.3 is 0 Å². The van der Waals surface area contributed by atoms with Crippen molar-refractivity contribution in [2.24, 2.45) is 0 Å². The molecule has 0 spiro atoms. The van der Waals surface area contributed by atoms with E-state index >= 15 is 0 Å². The molecule has 0 saturated carbocycles. The Morgan fingerprint density at radius 1 is 0.250 bits per heavy atom. The van der Waals surface area contributed by atoms with Crippen molar-refractivity contribution >= 4 is 82.5 Å². The Balaban J connectivity index is 0.782. The van der Waals surface area contributed by atoms with E-state index in [4.69, 9.17) is 8.83 Å². The molecule has 0 bridgehead atoms. The van der Waals surface area contributed by atoms with Crippen LogP contribution in [0.5, 0.6) is 0 Å². The highest BCUT2D eigenvalue weighted by Crippen LogP contribution is 2.59. The summed E-state index contributed by atoms with van der Waals surface area (Å²) >= 11 is 0. The Kier molecular flexibility index (Phi) is 10.8. The summed E-state index contributed by atoms with van der Waals surface area (Å²) in [6.07, 6.45) is 0. The monoisotopic (exact) mass is 1070 g/mol. The standard InChI is InChI=1S/C81H51NO2/c1-3-15-52(16-4-1)55-33-39-64(40-34-55)82(65-41-37-63(38-42-65)81(62-21-5-2-6-22-62)73-26-12-11-23-70(73)79-67(24-13-27-74(79)81)60-31-29-53-17-7-9-19-56(53)47-60)66-43-46-75-71(51-66)69-44-35-59(50-78(69)84-75)58-36-45-76-72(49-58)80-68(25-14-28-77(80)83-76)61-32-30-54-18-8-10-20-57(54)48-61/h1-51H. The van der Waals surface area contributed by atoms with Gasteiger partial charge in [0.15, 0.2) is 0 Å². The Bertz CT molecular complexity index is 5250. The zero-order chi connectivity index (χ0) is 55.3. The molecule has 3 heteroatoms. The van der Waals surface area contributed by atoms with Crippen molar-refractivity contribution in [2.45, 2.75) is 5.41 Å². The van der Waals surface area contributed by atoms with Crippen LogP contribution in [0, 0.1) is 0 Å². The van der Waals surface area contributed by atoms with Crippen molar-refractivity contribution < 1.29 is 8.83 Å². The third-order valence-corrected chi connectivity index (χ3v) is 17.7. The lowest BCUT2D eigenvalue weighted by atomic mass is 9.67. The van der Waals surface area contributed by atoms with Crippen LogP contribution < -0.4 is 4.90 Å². The van der Waals surface area contributed by atoms with Crippen LogP contribution >= 0.6 is 0 Å². The molecule has 392 valence electrons. The van der Waals surface area contributed by atoms with E-state index in [2.05, 4.69) is 314 Å². The molecule has 0 aliphatic heterocycles. The summed E-state index contributed by atoms with van der Waals surface area (Å²) in [4.78, 5) is 2.38. The second-order valence-electron chi connectivity index (χ2n) is 22.3. The summed E-state index contributed by atoms with van der Waals surface area (Å²) in [5.74, 6) is 0. The molecule has 17 rings (SSSR count). The molecule has 1 unspecified atom stereocenters. The van der Waals surface area contributed by atoms with Gasteiger partial charge in [0.2, 0.25) is 0 Å². The molecule has 0 fully saturated rings. The van der Waals surface area contributed by atoms with Gasteiger partial charge in [-0.3, -0.25) is 0 Å². The van der Waals surface area contributed by atoms with E-state index in [0.717, 1.165) is 77.6 Å². The number of hydrogen-bond donors (Lipinski definition) is 0. The maximum Gasteiger partial charge on any atom is 0.136 e. The van der Waals surface area contributed by atoms with Gasteiger partial charge in [0.05, 0.1) is 5.41 Å². The molecular weight excluding hydrogens is 1020 g/mol. The van der Waals surface area contributed by atoms with Crippen molar-refractivity contribution in [1.82, 2.24) is 0 Å². The first-order valence-corrected chi connectivity index (χ1v) is 28.9. The van der Waals surface area contributed by atoms with Crippen LogP contribution in [0.25, 0.3) is 121 Å². The quantitative estimate of drug-likeness (QED) is 0.144. The van der Waals surface area contributed by atoms with Gasteiger partial charge < -0.3 is 13.7 Å². The summed E-state index contributed by atoms with van der Waals surface area (Å²) in [5.41, 5.74) is 22.8. The molecule has 2 aromatic heterocycles. The topological polar surface area (TPSA) is 29.5 Å². The van der Waals surface area contributed by atoms with Gasteiger partial charge in [0.25, 0.3) is 0 Å². The minimum Gasteiger partial charge on any atom is -0.456 e. The minimum atomic E-state index is -0.590. The van der Waals surface area contributed by atoms with Crippen LogP contribution in [0.2, 0.25) is 0 Å². The lowest BCUT2D eigenvalue weighted by Crippen LogP contribution is -2.28. The Hall–Kier alpha value is -11.0. The third kappa shape index (κ3) is 7.53. The van der Waals surface area contributed by atoms with E-state index < -0.39 is 5.41 Å². The fraction of sp³-hybridized carbons (Fsp3) is 0.0123. The normalized spacial score (nSPS) is 13.8. The SMILES string of the molecule is c1ccc(-c2ccc(N(c3ccc(C4(c5ccccc5)c5ccccc5-c5c(-c6ccc7ccccc7c6)cccc54)cc3)c3ccc4oc5cc(-c6ccc7oc8cccc(-c9ccc%10ccccc%10c9)c8c7c6)ccc5c4c3)cc2)cc1. The number of anilines is 3. The summed E-state index contributed by atoms with van der Waals surface area (Å²) in [7, 11) is 0. The number of hydrogen-bond acceptors (Lipinski definition) is 3. The van der Waals surface area contributed by atoms with Crippen molar-refractivity contribution in [2.75, 3.05) is 4.90 Å². The Labute approximate surface area is 486 Å². The zero-order valence-electron chi connectivity index (χ0n) is 45.7. The summed E-state index contributed by atoms with van der Waals surface area (Å²) in [5, 5.41) is 9.23. The molecule has 1 aliphatic rings. The van der Waals surface area contributed by atoms with Crippen molar-refractivity contribution in [3.8, 4) is 55.6 Å². The highest BCUT2D eigenvalue weighted by molar-refractivity contribution is 6.14. The smallest absolute Gasteiger partial charge is 0.136 e. The minimum absolute atomic E-state index is 0.590. The van der Waals surface area contributed by atoms with E-state index in [0.29, 0.717) is 0 Å². The van der Waals surface area contributed by atoms with E-state index in [1.165, 1.54) is 82.7 Å². The lowest BCUT2D eigenvalue weighted by Gasteiger charge is -2.34. The summed E-state index contributed by atoms with van der Waals surface area (Å²) < 4.78 is 13.3. The molecule has 84 heavy (non-hydrogen) atoms. The van der Waals surface area contributed by atoms with Gasteiger partial charge in [-0.05, 0) is 184 Å². The molecular formula is C81H51NO2. The number of fused-ring (bicyclic) bond motifs is 11. The van der Waals surface area contributed by atoms with Crippen LogP contribution in [-0.2, 0) is 5.41 Å². The fourth-order valence-corrected chi connectivity index (χ4v) is 13.8. The summed E-state index contributed by atoms with van der Waals surface area (Å²) in [6, 6.07) is 113. The largest absolute Gasteiger partial charge is 0.456 e. The molecule has 0 amide bonds. The van der Waals surface area contributed by atoms with E-state index in [-0.39, 0.29) is 0 Å². The van der Waals surface area contributed by atoms with Crippen LogP contribution in [-0.4, -0.2) is 0 Å². The molecule has 0 radical (unpaired) electrons. The number of benzene rings is 14. The van der Waals surface area contributed by atoms with Gasteiger partial charge in [-0.25, -0.2) is 0 Å². The molecule has 1 aliphatic carbocycles. The summed E-state index contributed by atoms with van der Waals surface area (Å²) in [6.45, 7) is 0. The van der Waals surface area contributed by atoms with Crippen LogP contribution in [0.4, 0.5) is 17.1 Å². The molecule has 1 atom stereocenters. The second-order valence-corrected chi connectivity index (χ2v) is 22.3. The molecule has 14 aromatic carbocycles. The fourth-order valence-electron chi connectivity index (χ4n) is 13.8. The Morgan fingerprint density at radius 3 is 1.52 bits per heavy atom. The highest BCUT2D eigenvalue weighted by atomic mass is 16.3. The average molecular weight is 1070 g/mol. The van der Waals surface area contributed by atoms with Crippen molar-refractivity contribution in [3.05, 3.63) is 332 Å². The maximum absolute atomic E-state index is 6.78. The predicted molar refractivity (Wildman–Crippen MR) is 350 cm³/mol. The van der Waals surface area contributed by atoms with Gasteiger partial charge in [-0.15, -0.1) is 0 Å². The van der Waals surface area contributed by atoms with Crippen LogP contribution in [0.15, 0.2) is 318 Å².